The Morgan fingerprint density at radius 3 is 1.93 bits per heavy atom. The molecule has 0 spiro atoms. The van der Waals surface area contributed by atoms with E-state index >= 15 is 0 Å². The first kappa shape index (κ1) is 31.7. The van der Waals surface area contributed by atoms with Gasteiger partial charge >= 0.3 is 0 Å². The molecule has 11 nitrogen and oxygen atoms in total. The van der Waals surface area contributed by atoms with Crippen molar-refractivity contribution < 1.29 is 36.3 Å². The summed E-state index contributed by atoms with van der Waals surface area (Å²) in [5.41, 5.74) is 9.40. The molecule has 4 N–H and O–H groups in total. The number of ether oxygens (including phenoxy) is 2. The molecule has 1 atom stereocenters. The van der Waals surface area contributed by atoms with Gasteiger partial charge in [-0.15, -0.1) is 0 Å². The van der Waals surface area contributed by atoms with E-state index < -0.39 is 25.9 Å². The normalized spacial score (nSPS) is 16.4. The standard InChI is InChI=1S/C16H16N2O4S.C16H15NO4S/c1-23(20,21)18-15-10-13-11(7-8-14(13)17-19)9-16(15)22-12-5-3-2-4-6-12;1-22(19,20)15-9-12-10(7-13(17)16(12)18)8-14(15)21-11-5-3-2-4-6-11/h2-6,9-10,18-19H,7-8H2,1H3;2-6,8-9,13H,7,17H2,1H3. The van der Waals surface area contributed by atoms with Gasteiger partial charge in [0.2, 0.25) is 10.0 Å². The largest absolute Gasteiger partial charge is 0.456 e. The highest BCUT2D eigenvalue weighted by atomic mass is 32.2. The number of fused-ring (bicyclic) bond motifs is 2. The van der Waals surface area contributed by atoms with E-state index in [0.717, 1.165) is 35.6 Å². The van der Waals surface area contributed by atoms with E-state index in [2.05, 4.69) is 9.88 Å². The van der Waals surface area contributed by atoms with Crippen molar-refractivity contribution in [2.45, 2.75) is 30.2 Å². The molecule has 2 aliphatic carbocycles. The van der Waals surface area contributed by atoms with Crippen molar-refractivity contribution in [2.24, 2.45) is 10.9 Å². The fourth-order valence-electron chi connectivity index (χ4n) is 5.08. The summed E-state index contributed by atoms with van der Waals surface area (Å²) in [4.78, 5) is 12.0. The third-order valence-corrected chi connectivity index (χ3v) is 8.83. The zero-order chi connectivity index (χ0) is 32.4. The second-order valence-corrected chi connectivity index (χ2v) is 14.4. The van der Waals surface area contributed by atoms with E-state index in [4.69, 9.17) is 20.4 Å². The first-order chi connectivity index (χ1) is 21.3. The van der Waals surface area contributed by atoms with E-state index in [0.29, 0.717) is 47.1 Å². The van der Waals surface area contributed by atoms with E-state index in [9.17, 15) is 21.6 Å². The fraction of sp³-hybridized carbons (Fsp3) is 0.188. The average molecular weight is 650 g/mol. The summed E-state index contributed by atoms with van der Waals surface area (Å²) in [6, 6.07) is 23.8. The van der Waals surface area contributed by atoms with E-state index in [1.54, 1.807) is 54.6 Å². The molecule has 0 saturated carbocycles. The van der Waals surface area contributed by atoms with Crippen molar-refractivity contribution >= 4 is 37.0 Å². The van der Waals surface area contributed by atoms with E-state index in [1.807, 2.05) is 24.3 Å². The molecule has 0 heterocycles. The number of aryl methyl sites for hydroxylation is 1. The van der Waals surface area contributed by atoms with Crippen molar-refractivity contribution in [1.82, 2.24) is 0 Å². The molecule has 0 radical (unpaired) electrons. The number of sulfone groups is 1. The molecule has 0 aliphatic heterocycles. The Labute approximate surface area is 261 Å². The average Bonchev–Trinajstić information content (AvgIpc) is 3.51. The Morgan fingerprint density at radius 1 is 0.800 bits per heavy atom. The lowest BCUT2D eigenvalue weighted by Crippen LogP contribution is -2.26. The zero-order valence-corrected chi connectivity index (χ0v) is 26.1. The number of sulfonamides is 1. The number of Topliss-reactive ketones (excluding diaryl/α,β-unsaturated/α-hetero) is 1. The van der Waals surface area contributed by atoms with Crippen molar-refractivity contribution in [1.29, 1.82) is 0 Å². The predicted octanol–water partition coefficient (Wildman–Crippen LogP) is 4.92. The molecule has 4 aromatic rings. The lowest BCUT2D eigenvalue weighted by Gasteiger charge is -2.14. The highest BCUT2D eigenvalue weighted by Crippen LogP contribution is 2.37. The predicted molar refractivity (Wildman–Crippen MR) is 170 cm³/mol. The number of para-hydroxylation sites is 2. The van der Waals surface area contributed by atoms with Gasteiger partial charge in [-0.3, -0.25) is 9.52 Å². The maximum Gasteiger partial charge on any atom is 0.229 e. The molecule has 0 fully saturated rings. The Hall–Kier alpha value is -4.72. The van der Waals surface area contributed by atoms with Crippen molar-refractivity contribution in [3.8, 4) is 23.0 Å². The van der Waals surface area contributed by atoms with Gasteiger partial charge in [0.25, 0.3) is 0 Å². The number of rotatable bonds is 7. The number of carbonyl (C=O) groups excluding carboxylic acids is 1. The third kappa shape index (κ3) is 7.51. The zero-order valence-electron chi connectivity index (χ0n) is 24.4. The summed E-state index contributed by atoms with van der Waals surface area (Å²) in [5.74, 6) is 1.54. The summed E-state index contributed by atoms with van der Waals surface area (Å²) >= 11 is 0. The highest BCUT2D eigenvalue weighted by Gasteiger charge is 2.31. The number of carbonyl (C=O) groups is 1. The summed E-state index contributed by atoms with van der Waals surface area (Å²) in [5, 5.41) is 12.3. The van der Waals surface area contributed by atoms with Crippen LogP contribution in [0.3, 0.4) is 0 Å². The van der Waals surface area contributed by atoms with Crippen LogP contribution in [-0.2, 0) is 32.7 Å². The highest BCUT2D eigenvalue weighted by molar-refractivity contribution is 7.92. The molecular weight excluding hydrogens is 618 g/mol. The van der Waals surface area contributed by atoms with Gasteiger partial charge in [-0.2, -0.15) is 0 Å². The number of hydrogen-bond donors (Lipinski definition) is 3. The number of anilines is 1. The van der Waals surface area contributed by atoms with Crippen molar-refractivity contribution in [2.75, 3.05) is 17.2 Å². The monoisotopic (exact) mass is 649 g/mol. The van der Waals surface area contributed by atoms with Gasteiger partial charge in [-0.1, -0.05) is 41.6 Å². The molecule has 45 heavy (non-hydrogen) atoms. The summed E-state index contributed by atoms with van der Waals surface area (Å²) in [7, 11) is -7.00. The van der Waals surface area contributed by atoms with Gasteiger partial charge in [-0.05, 0) is 78.9 Å². The molecule has 0 saturated heterocycles. The summed E-state index contributed by atoms with van der Waals surface area (Å²) in [6.07, 6.45) is 3.89. The molecule has 234 valence electrons. The van der Waals surface area contributed by atoms with Crippen LogP contribution in [0.2, 0.25) is 0 Å². The first-order valence-corrected chi connectivity index (χ1v) is 17.6. The fourth-order valence-corrected chi connectivity index (χ4v) is 6.44. The van der Waals surface area contributed by atoms with Crippen molar-refractivity contribution in [3.63, 3.8) is 0 Å². The van der Waals surface area contributed by atoms with Gasteiger partial charge in [0.05, 0.1) is 23.7 Å². The molecule has 6 rings (SSSR count). The lowest BCUT2D eigenvalue weighted by atomic mass is 10.1. The van der Waals surface area contributed by atoms with Crippen molar-refractivity contribution in [3.05, 3.63) is 107 Å². The molecule has 13 heteroatoms. The van der Waals surface area contributed by atoms with Crippen LogP contribution >= 0.6 is 0 Å². The number of nitrogens with zero attached hydrogens (tertiary/aromatic N) is 1. The van der Waals surface area contributed by atoms with Gasteiger partial charge < -0.3 is 20.4 Å². The van der Waals surface area contributed by atoms with Gasteiger partial charge in [0.1, 0.15) is 22.1 Å². The molecule has 4 aromatic carbocycles. The lowest BCUT2D eigenvalue weighted by molar-refractivity contribution is 0.0974. The van der Waals surface area contributed by atoms with Crippen LogP contribution in [0.25, 0.3) is 0 Å². The minimum absolute atomic E-state index is 0.00227. The second kappa shape index (κ2) is 12.7. The summed E-state index contributed by atoms with van der Waals surface area (Å²) in [6.45, 7) is 0. The number of oxime groups is 1. The molecule has 0 aromatic heterocycles. The van der Waals surface area contributed by atoms with E-state index in [1.165, 1.54) is 6.07 Å². The SMILES string of the molecule is CS(=O)(=O)Nc1cc2c(cc1Oc1ccccc1)CCC2=NO.CS(=O)(=O)c1cc2c(cc1Oc1ccccc1)CC(N)C2=O. The number of ketones is 1. The number of benzene rings is 4. The third-order valence-electron chi connectivity index (χ3n) is 7.12. The van der Waals surface area contributed by atoms with Gasteiger partial charge in [-0.25, -0.2) is 16.8 Å². The quantitative estimate of drug-likeness (QED) is 0.185. The Kier molecular flexibility index (Phi) is 8.96. The number of nitrogens with two attached hydrogens (primary N) is 1. The smallest absolute Gasteiger partial charge is 0.229 e. The second-order valence-electron chi connectivity index (χ2n) is 10.7. The topological polar surface area (TPSA) is 174 Å². The number of nitrogens with one attached hydrogen (secondary N) is 1. The van der Waals surface area contributed by atoms with Gasteiger partial charge in [0.15, 0.2) is 21.4 Å². The van der Waals surface area contributed by atoms with Crippen LogP contribution in [0.15, 0.2) is 95.0 Å². The maximum absolute atomic E-state index is 12.0. The Bertz CT molecular complexity index is 2000. The van der Waals surface area contributed by atoms with Crippen LogP contribution in [0, 0.1) is 0 Å². The van der Waals surface area contributed by atoms with Crippen LogP contribution < -0.4 is 19.9 Å². The first-order valence-electron chi connectivity index (χ1n) is 13.8. The molecule has 1 unspecified atom stereocenters. The van der Waals surface area contributed by atoms with Crippen LogP contribution in [0.1, 0.15) is 33.5 Å². The summed E-state index contributed by atoms with van der Waals surface area (Å²) < 4.78 is 61.2. The minimum Gasteiger partial charge on any atom is -0.456 e. The Balaban J connectivity index is 0.000000178. The van der Waals surface area contributed by atoms with E-state index in [-0.39, 0.29) is 16.4 Å². The van der Waals surface area contributed by atoms with Crippen LogP contribution in [0.5, 0.6) is 23.0 Å². The number of hydrogen-bond acceptors (Lipinski definition) is 10. The van der Waals surface area contributed by atoms with Crippen LogP contribution in [0.4, 0.5) is 5.69 Å². The molecule has 0 amide bonds. The maximum atomic E-state index is 12.0. The minimum atomic E-state index is -3.53. The Morgan fingerprint density at radius 2 is 1.38 bits per heavy atom. The molecule has 0 bridgehead atoms. The molecular formula is C32H31N3O8S2. The van der Waals surface area contributed by atoms with Crippen LogP contribution in [-0.4, -0.2) is 52.1 Å². The molecule has 2 aliphatic rings. The van der Waals surface area contributed by atoms with Gasteiger partial charge in [0, 0.05) is 17.4 Å².